The fraction of sp³-hybridized carbons (Fsp3) is 0.222. The zero-order valence-corrected chi connectivity index (χ0v) is 8.70. The maximum atomic E-state index is 11.6. The maximum Gasteiger partial charge on any atom is 0.325 e. The van der Waals surface area contributed by atoms with Gasteiger partial charge >= 0.3 is 12.0 Å². The van der Waals surface area contributed by atoms with Gasteiger partial charge in [-0.2, -0.15) is 5.10 Å². The summed E-state index contributed by atoms with van der Waals surface area (Å²) in [5.41, 5.74) is 0. The molecule has 0 bridgehead atoms. The molecule has 88 valence electrons. The van der Waals surface area contributed by atoms with Crippen LogP contribution in [0.5, 0.6) is 0 Å². The summed E-state index contributed by atoms with van der Waals surface area (Å²) < 4.78 is 0. The number of nitrogens with zero attached hydrogens (tertiary/aromatic N) is 4. The van der Waals surface area contributed by atoms with Gasteiger partial charge in [0.25, 0.3) is 5.95 Å². The van der Waals surface area contributed by atoms with Gasteiger partial charge in [0.1, 0.15) is 6.54 Å². The lowest BCUT2D eigenvalue weighted by Crippen LogP contribution is -2.39. The highest BCUT2D eigenvalue weighted by molar-refractivity contribution is 5.89. The van der Waals surface area contributed by atoms with E-state index < -0.39 is 18.5 Å². The van der Waals surface area contributed by atoms with Crippen LogP contribution in [0.4, 0.5) is 10.7 Å². The number of anilines is 1. The Morgan fingerprint density at radius 3 is 2.82 bits per heavy atom. The topological polar surface area (TPSA) is 108 Å². The van der Waals surface area contributed by atoms with Crippen LogP contribution in [-0.2, 0) is 4.79 Å². The quantitative estimate of drug-likeness (QED) is 0.676. The number of amides is 2. The molecule has 0 saturated heterocycles. The first-order valence-corrected chi connectivity index (χ1v) is 4.48. The van der Waals surface area contributed by atoms with Gasteiger partial charge in [0.15, 0.2) is 0 Å². The molecule has 0 aliphatic carbocycles. The highest BCUT2D eigenvalue weighted by Gasteiger charge is 2.16. The van der Waals surface area contributed by atoms with Crippen molar-refractivity contribution in [1.29, 1.82) is 0 Å². The van der Waals surface area contributed by atoms with Crippen molar-refractivity contribution in [2.45, 2.75) is 0 Å². The second kappa shape index (κ2) is 6.02. The largest absolute Gasteiger partial charge is 0.480 e. The minimum absolute atomic E-state index is 0.0232. The molecule has 0 saturated carbocycles. The Balaban J connectivity index is 2.66. The number of hydrogen-bond acceptors (Lipinski definition) is 5. The number of carbonyl (C=O) groups is 2. The van der Waals surface area contributed by atoms with Crippen molar-refractivity contribution in [2.75, 3.05) is 18.4 Å². The summed E-state index contributed by atoms with van der Waals surface area (Å²) >= 11 is 0. The van der Waals surface area contributed by atoms with Crippen LogP contribution in [0.1, 0.15) is 0 Å². The number of rotatable bonds is 4. The third-order valence-electron chi connectivity index (χ3n) is 1.60. The van der Waals surface area contributed by atoms with Crippen LogP contribution in [0, 0.1) is 12.3 Å². The highest BCUT2D eigenvalue weighted by atomic mass is 16.4. The number of nitrogens with one attached hydrogen (secondary N) is 1. The summed E-state index contributed by atoms with van der Waals surface area (Å²) in [5, 5.41) is 17.9. The number of aromatic nitrogens is 3. The van der Waals surface area contributed by atoms with Crippen LogP contribution in [0.25, 0.3) is 0 Å². The molecule has 8 nitrogen and oxygen atoms in total. The highest BCUT2D eigenvalue weighted by Crippen LogP contribution is 1.97. The predicted molar refractivity (Wildman–Crippen MR) is 56.9 cm³/mol. The lowest BCUT2D eigenvalue weighted by molar-refractivity contribution is -0.137. The summed E-state index contributed by atoms with van der Waals surface area (Å²) in [4.78, 5) is 26.7. The molecular formula is C9H9N5O3. The molecule has 0 aliphatic heterocycles. The van der Waals surface area contributed by atoms with Gasteiger partial charge in [-0.1, -0.05) is 5.92 Å². The lowest BCUT2D eigenvalue weighted by atomic mass is 10.5. The van der Waals surface area contributed by atoms with Crippen LogP contribution < -0.4 is 5.32 Å². The van der Waals surface area contributed by atoms with Crippen molar-refractivity contribution in [1.82, 2.24) is 20.1 Å². The van der Waals surface area contributed by atoms with Gasteiger partial charge < -0.3 is 10.0 Å². The van der Waals surface area contributed by atoms with E-state index in [9.17, 15) is 9.59 Å². The van der Waals surface area contributed by atoms with Crippen molar-refractivity contribution in [3.63, 3.8) is 0 Å². The molecule has 0 unspecified atom stereocenters. The van der Waals surface area contributed by atoms with Gasteiger partial charge in [-0.15, -0.1) is 11.5 Å². The van der Waals surface area contributed by atoms with E-state index in [1.165, 1.54) is 12.4 Å². The Labute approximate surface area is 96.7 Å². The number of hydrogen-bond donors (Lipinski definition) is 2. The van der Waals surface area contributed by atoms with Gasteiger partial charge in [-0.25, -0.2) is 9.78 Å². The van der Waals surface area contributed by atoms with Gasteiger partial charge in [0.05, 0.1) is 18.9 Å². The molecule has 0 radical (unpaired) electrons. The fourth-order valence-electron chi connectivity index (χ4n) is 0.953. The van der Waals surface area contributed by atoms with E-state index in [1.807, 2.05) is 0 Å². The summed E-state index contributed by atoms with van der Waals surface area (Å²) in [6, 6.07) is -0.696. The Morgan fingerprint density at radius 1 is 1.53 bits per heavy atom. The number of carbonyl (C=O) groups excluding carboxylic acids is 1. The zero-order valence-electron chi connectivity index (χ0n) is 8.70. The first-order valence-electron chi connectivity index (χ1n) is 4.48. The second-order valence-corrected chi connectivity index (χ2v) is 2.85. The zero-order chi connectivity index (χ0) is 12.7. The molecule has 0 fully saturated rings. The summed E-state index contributed by atoms with van der Waals surface area (Å²) in [6.45, 7) is -0.630. The van der Waals surface area contributed by atoms with Crippen LogP contribution >= 0.6 is 0 Å². The Kier molecular flexibility index (Phi) is 4.38. The number of terminal acetylenes is 1. The lowest BCUT2D eigenvalue weighted by Gasteiger charge is -2.17. The number of aliphatic carboxylic acids is 1. The molecule has 1 aromatic rings. The molecule has 0 aromatic carbocycles. The standard InChI is InChI=1S/C9H9N5O3/c1-2-5-14(6-7(15)16)9(17)12-8-10-3-4-11-13-8/h1,3-4H,5-6H2,(H,15,16)(H,10,12,13,17). The predicted octanol–water partition coefficient (Wildman–Crippen LogP) is -0.577. The third kappa shape index (κ3) is 4.13. The maximum absolute atomic E-state index is 11.6. The number of carboxylic acid groups (broad SMARTS) is 1. The fourth-order valence-corrected chi connectivity index (χ4v) is 0.953. The first-order chi connectivity index (χ1) is 8.13. The molecule has 2 N–H and O–H groups in total. The molecule has 1 rings (SSSR count). The third-order valence-corrected chi connectivity index (χ3v) is 1.60. The van der Waals surface area contributed by atoms with Gasteiger partial charge in [-0.3, -0.25) is 10.1 Å². The summed E-state index contributed by atoms with van der Waals surface area (Å²) in [7, 11) is 0. The first kappa shape index (κ1) is 12.4. The number of carboxylic acids is 1. The molecule has 0 aliphatic rings. The Hall–Kier alpha value is -2.69. The van der Waals surface area contributed by atoms with E-state index >= 15 is 0 Å². The normalized spacial score (nSPS) is 9.12. The molecule has 1 aromatic heterocycles. The Morgan fingerprint density at radius 2 is 2.29 bits per heavy atom. The van der Waals surface area contributed by atoms with E-state index in [2.05, 4.69) is 26.4 Å². The molecule has 2 amide bonds. The van der Waals surface area contributed by atoms with E-state index in [4.69, 9.17) is 11.5 Å². The van der Waals surface area contributed by atoms with E-state index in [1.54, 1.807) is 0 Å². The van der Waals surface area contributed by atoms with Crippen molar-refractivity contribution in [2.24, 2.45) is 0 Å². The molecule has 1 heterocycles. The molecule has 8 heteroatoms. The van der Waals surface area contributed by atoms with Crippen molar-refractivity contribution >= 4 is 17.9 Å². The monoisotopic (exact) mass is 235 g/mol. The average molecular weight is 235 g/mol. The molecule has 0 atom stereocenters. The minimum Gasteiger partial charge on any atom is -0.480 e. The molecular weight excluding hydrogens is 226 g/mol. The summed E-state index contributed by atoms with van der Waals surface area (Å²) in [6.07, 6.45) is 7.71. The molecule has 17 heavy (non-hydrogen) atoms. The van der Waals surface area contributed by atoms with E-state index in [0.29, 0.717) is 0 Å². The van der Waals surface area contributed by atoms with Crippen LogP contribution in [0.2, 0.25) is 0 Å². The van der Waals surface area contributed by atoms with Crippen molar-refractivity contribution < 1.29 is 14.7 Å². The van der Waals surface area contributed by atoms with Gasteiger partial charge in [0.2, 0.25) is 0 Å². The van der Waals surface area contributed by atoms with Crippen molar-refractivity contribution in [3.8, 4) is 12.3 Å². The minimum atomic E-state index is -1.16. The van der Waals surface area contributed by atoms with Crippen LogP contribution in [0.15, 0.2) is 12.4 Å². The smallest absolute Gasteiger partial charge is 0.325 e. The van der Waals surface area contributed by atoms with Crippen LogP contribution in [0.3, 0.4) is 0 Å². The van der Waals surface area contributed by atoms with E-state index in [-0.39, 0.29) is 12.5 Å². The molecule has 0 spiro atoms. The Bertz CT molecular complexity index is 442. The van der Waals surface area contributed by atoms with Crippen molar-refractivity contribution in [3.05, 3.63) is 12.4 Å². The van der Waals surface area contributed by atoms with Gasteiger partial charge in [-0.05, 0) is 0 Å². The SMILES string of the molecule is C#CCN(CC(=O)O)C(=O)Nc1nccnn1. The number of urea groups is 1. The van der Waals surface area contributed by atoms with E-state index in [0.717, 1.165) is 4.90 Å². The second-order valence-electron chi connectivity index (χ2n) is 2.85. The van der Waals surface area contributed by atoms with Crippen LogP contribution in [-0.4, -0.2) is 50.3 Å². The summed E-state index contributed by atoms with van der Waals surface area (Å²) in [5.74, 6) is 0.998. The van der Waals surface area contributed by atoms with Gasteiger partial charge in [0, 0.05) is 0 Å². The average Bonchev–Trinajstić information content (AvgIpc) is 2.29.